The molecule has 2 heterocycles. The van der Waals surface area contributed by atoms with Gasteiger partial charge in [-0.15, -0.1) is 11.3 Å². The average Bonchev–Trinajstić information content (AvgIpc) is 3.19. The molecule has 0 aliphatic carbocycles. The van der Waals surface area contributed by atoms with Crippen LogP contribution >= 0.6 is 11.3 Å². The molecule has 0 fully saturated rings. The summed E-state index contributed by atoms with van der Waals surface area (Å²) in [6, 6.07) is 17.8. The highest BCUT2D eigenvalue weighted by Gasteiger charge is 2.10. The predicted octanol–water partition coefficient (Wildman–Crippen LogP) is 5.07. The summed E-state index contributed by atoms with van der Waals surface area (Å²) in [4.78, 5) is 20.5. The van der Waals surface area contributed by atoms with E-state index in [9.17, 15) is 4.79 Å². The first-order valence-corrected chi connectivity index (χ1v) is 9.82. The van der Waals surface area contributed by atoms with Crippen molar-refractivity contribution < 1.29 is 4.74 Å². The van der Waals surface area contributed by atoms with Gasteiger partial charge in [-0.25, -0.2) is 4.98 Å². The Balaban J connectivity index is 1.63. The summed E-state index contributed by atoms with van der Waals surface area (Å²) in [5, 5.41) is 1.05. The zero-order chi connectivity index (χ0) is 19.5. The molecule has 4 rings (SSSR count). The highest BCUT2D eigenvalue weighted by atomic mass is 32.1. The van der Waals surface area contributed by atoms with E-state index in [1.54, 1.807) is 24.6 Å². The zero-order valence-electron chi connectivity index (χ0n) is 15.7. The Kier molecular flexibility index (Phi) is 5.08. The molecule has 2 aromatic carbocycles. The Hall–Kier alpha value is -3.18. The maximum Gasteiger partial charge on any atom is 0.255 e. The number of ether oxygens (including phenoxy) is 1. The lowest BCUT2D eigenvalue weighted by atomic mass is 10.0. The number of hydrogen-bond acceptors (Lipinski definition) is 4. The van der Waals surface area contributed by atoms with Gasteiger partial charge in [-0.2, -0.15) is 0 Å². The van der Waals surface area contributed by atoms with Gasteiger partial charge in [0.15, 0.2) is 0 Å². The molecule has 4 aromatic rings. The van der Waals surface area contributed by atoms with Gasteiger partial charge < -0.3 is 9.72 Å². The van der Waals surface area contributed by atoms with Crippen molar-refractivity contribution in [1.82, 2.24) is 9.97 Å². The first kappa shape index (κ1) is 18.2. The standard InChI is InChI=1S/C23H20N2O2S/c1-15-8-9-19(27-2)12-18(15)13-22-25-14-21(28-22)17-6-3-5-16(11-17)20-7-4-10-24-23(20)26/h3-12,14H,13H2,1-2H3,(H,24,26). The van der Waals surface area contributed by atoms with Crippen LogP contribution in [0.1, 0.15) is 16.1 Å². The van der Waals surface area contributed by atoms with E-state index in [0.29, 0.717) is 5.56 Å². The van der Waals surface area contributed by atoms with E-state index >= 15 is 0 Å². The number of H-pyrrole nitrogens is 1. The van der Waals surface area contributed by atoms with Crippen molar-refractivity contribution in [2.75, 3.05) is 7.11 Å². The summed E-state index contributed by atoms with van der Waals surface area (Å²) in [5.41, 5.74) is 4.98. The van der Waals surface area contributed by atoms with Gasteiger partial charge in [0.05, 0.1) is 17.0 Å². The fourth-order valence-electron chi connectivity index (χ4n) is 3.14. The second-order valence-electron chi connectivity index (χ2n) is 6.58. The molecule has 1 N–H and O–H groups in total. The van der Waals surface area contributed by atoms with Gasteiger partial charge in [0.25, 0.3) is 5.56 Å². The first-order valence-electron chi connectivity index (χ1n) is 9.01. The van der Waals surface area contributed by atoms with Gasteiger partial charge in [-0.3, -0.25) is 4.79 Å². The molecule has 0 unspecified atom stereocenters. The van der Waals surface area contributed by atoms with E-state index in [-0.39, 0.29) is 5.56 Å². The van der Waals surface area contributed by atoms with Crippen molar-refractivity contribution in [3.8, 4) is 27.3 Å². The molecule has 0 atom stereocenters. The summed E-state index contributed by atoms with van der Waals surface area (Å²) in [7, 11) is 1.68. The van der Waals surface area contributed by atoms with Crippen LogP contribution in [-0.4, -0.2) is 17.1 Å². The second kappa shape index (κ2) is 7.82. The predicted molar refractivity (Wildman–Crippen MR) is 114 cm³/mol. The molecule has 0 amide bonds. The highest BCUT2D eigenvalue weighted by molar-refractivity contribution is 7.15. The third-order valence-electron chi connectivity index (χ3n) is 4.73. The molecule has 0 radical (unpaired) electrons. The van der Waals surface area contributed by atoms with Gasteiger partial charge >= 0.3 is 0 Å². The smallest absolute Gasteiger partial charge is 0.255 e. The quantitative estimate of drug-likeness (QED) is 0.519. The number of pyridine rings is 1. The summed E-state index contributed by atoms with van der Waals surface area (Å²) in [5.74, 6) is 0.859. The largest absolute Gasteiger partial charge is 0.497 e. The van der Waals surface area contributed by atoms with E-state index < -0.39 is 0 Å². The number of methoxy groups -OCH3 is 1. The number of rotatable bonds is 5. The molecule has 0 saturated carbocycles. The molecule has 4 nitrogen and oxygen atoms in total. The lowest BCUT2D eigenvalue weighted by Gasteiger charge is -2.06. The Morgan fingerprint density at radius 2 is 1.93 bits per heavy atom. The molecule has 0 spiro atoms. The normalized spacial score (nSPS) is 10.8. The van der Waals surface area contributed by atoms with E-state index in [2.05, 4.69) is 35.1 Å². The Morgan fingerprint density at radius 3 is 2.75 bits per heavy atom. The van der Waals surface area contributed by atoms with Crippen LogP contribution in [0.2, 0.25) is 0 Å². The molecule has 2 aromatic heterocycles. The van der Waals surface area contributed by atoms with Crippen molar-refractivity contribution in [1.29, 1.82) is 0 Å². The minimum Gasteiger partial charge on any atom is -0.497 e. The van der Waals surface area contributed by atoms with Gasteiger partial charge in [0.1, 0.15) is 5.75 Å². The number of benzene rings is 2. The molecule has 140 valence electrons. The molecule has 0 saturated heterocycles. The summed E-state index contributed by atoms with van der Waals surface area (Å²) in [6.07, 6.45) is 4.32. The Labute approximate surface area is 167 Å². The number of aromatic amines is 1. The van der Waals surface area contributed by atoms with Crippen molar-refractivity contribution in [2.24, 2.45) is 0 Å². The topological polar surface area (TPSA) is 55.0 Å². The minimum absolute atomic E-state index is 0.0851. The van der Waals surface area contributed by atoms with Gasteiger partial charge in [-0.1, -0.05) is 24.3 Å². The Morgan fingerprint density at radius 1 is 1.07 bits per heavy atom. The van der Waals surface area contributed by atoms with E-state index in [0.717, 1.165) is 33.2 Å². The molecule has 5 heteroatoms. The van der Waals surface area contributed by atoms with Crippen LogP contribution < -0.4 is 10.3 Å². The zero-order valence-corrected chi connectivity index (χ0v) is 16.5. The molecule has 0 aliphatic rings. The van der Waals surface area contributed by atoms with E-state index in [4.69, 9.17) is 4.74 Å². The van der Waals surface area contributed by atoms with E-state index in [1.165, 1.54) is 11.1 Å². The van der Waals surface area contributed by atoms with Crippen LogP contribution in [0, 0.1) is 6.92 Å². The number of aromatic nitrogens is 2. The van der Waals surface area contributed by atoms with Crippen LogP contribution in [0.4, 0.5) is 0 Å². The lowest BCUT2D eigenvalue weighted by molar-refractivity contribution is 0.414. The first-order chi connectivity index (χ1) is 13.6. The minimum atomic E-state index is -0.0851. The third-order valence-corrected chi connectivity index (χ3v) is 5.77. The van der Waals surface area contributed by atoms with Gasteiger partial charge in [-0.05, 0) is 59.5 Å². The highest BCUT2D eigenvalue weighted by Crippen LogP contribution is 2.31. The number of aryl methyl sites for hydroxylation is 1. The summed E-state index contributed by atoms with van der Waals surface area (Å²) >= 11 is 1.67. The van der Waals surface area contributed by atoms with Crippen LogP contribution in [0.15, 0.2) is 71.8 Å². The van der Waals surface area contributed by atoms with Crippen LogP contribution in [0.5, 0.6) is 5.75 Å². The average molecular weight is 388 g/mol. The third kappa shape index (κ3) is 3.75. The van der Waals surface area contributed by atoms with Gasteiger partial charge in [0, 0.05) is 24.4 Å². The van der Waals surface area contributed by atoms with Crippen LogP contribution in [0.3, 0.4) is 0 Å². The van der Waals surface area contributed by atoms with E-state index in [1.807, 2.05) is 42.6 Å². The molecular weight excluding hydrogens is 368 g/mol. The van der Waals surface area contributed by atoms with Crippen molar-refractivity contribution in [2.45, 2.75) is 13.3 Å². The van der Waals surface area contributed by atoms with Crippen molar-refractivity contribution >= 4 is 11.3 Å². The molecular formula is C23H20N2O2S. The number of hydrogen-bond donors (Lipinski definition) is 1. The maximum absolute atomic E-state index is 12.1. The SMILES string of the molecule is COc1ccc(C)c(Cc2ncc(-c3cccc(-c4ccc[nH]c4=O)c3)s2)c1. The van der Waals surface area contributed by atoms with Crippen LogP contribution in [0.25, 0.3) is 21.6 Å². The fraction of sp³-hybridized carbons (Fsp3) is 0.130. The summed E-state index contributed by atoms with van der Waals surface area (Å²) < 4.78 is 5.34. The monoisotopic (exact) mass is 388 g/mol. The Bertz CT molecular complexity index is 1180. The number of nitrogens with zero attached hydrogens (tertiary/aromatic N) is 1. The molecule has 0 aliphatic heterocycles. The molecule has 0 bridgehead atoms. The lowest BCUT2D eigenvalue weighted by Crippen LogP contribution is -2.06. The second-order valence-corrected chi connectivity index (χ2v) is 7.70. The van der Waals surface area contributed by atoms with Gasteiger partial charge in [0.2, 0.25) is 0 Å². The number of thiazole rings is 1. The fourth-order valence-corrected chi connectivity index (χ4v) is 4.08. The summed E-state index contributed by atoms with van der Waals surface area (Å²) in [6.45, 7) is 2.10. The van der Waals surface area contributed by atoms with Crippen molar-refractivity contribution in [3.63, 3.8) is 0 Å². The molecule has 28 heavy (non-hydrogen) atoms. The number of nitrogens with one attached hydrogen (secondary N) is 1. The van der Waals surface area contributed by atoms with Crippen LogP contribution in [-0.2, 0) is 6.42 Å². The van der Waals surface area contributed by atoms with Crippen molar-refractivity contribution in [3.05, 3.63) is 93.5 Å². The maximum atomic E-state index is 12.1.